The molecule has 1 N–H and O–H groups in total. The first kappa shape index (κ1) is 21.2. The Morgan fingerprint density at radius 3 is 2.83 bits per heavy atom. The Balaban J connectivity index is 1.48. The molecule has 0 saturated carbocycles. The van der Waals surface area contributed by atoms with Gasteiger partial charge in [0.2, 0.25) is 10.0 Å². The van der Waals surface area contributed by atoms with Gasteiger partial charge in [0.1, 0.15) is 10.7 Å². The average molecular weight is 458 g/mol. The van der Waals surface area contributed by atoms with E-state index in [4.69, 9.17) is 16.3 Å². The standard InChI is InChI=1S/C17H24ClN7O4S/c1-22-5-6-29-11-12(22)8-20-30(27,28)13-7-14(18)16(19-9-13)24-3-4-25-15(10-24)21-23(2)17(25)26/h7,9,12,20H,3-6,8,10-11H2,1-2H3. The molecule has 2 aromatic rings. The number of hydrogen-bond acceptors (Lipinski definition) is 8. The van der Waals surface area contributed by atoms with Crippen LogP contribution in [0, 0.1) is 0 Å². The van der Waals surface area contributed by atoms with Gasteiger partial charge in [0.05, 0.1) is 24.8 Å². The van der Waals surface area contributed by atoms with Gasteiger partial charge in [-0.1, -0.05) is 11.6 Å². The fourth-order valence-electron chi connectivity index (χ4n) is 3.58. The summed E-state index contributed by atoms with van der Waals surface area (Å²) in [6.07, 6.45) is 1.30. The highest BCUT2D eigenvalue weighted by Crippen LogP contribution is 2.28. The maximum Gasteiger partial charge on any atom is 0.345 e. The van der Waals surface area contributed by atoms with Gasteiger partial charge in [-0.05, 0) is 13.1 Å². The Labute approximate surface area is 179 Å². The number of hydrogen-bond donors (Lipinski definition) is 1. The summed E-state index contributed by atoms with van der Waals surface area (Å²) in [5, 5.41) is 4.45. The summed E-state index contributed by atoms with van der Waals surface area (Å²) in [7, 11) is -0.220. The van der Waals surface area contributed by atoms with Crippen molar-refractivity contribution in [1.29, 1.82) is 0 Å². The van der Waals surface area contributed by atoms with Crippen molar-refractivity contribution in [3.05, 3.63) is 33.6 Å². The summed E-state index contributed by atoms with van der Waals surface area (Å²) in [5.41, 5.74) is -0.162. The summed E-state index contributed by atoms with van der Waals surface area (Å²) in [5.74, 6) is 1.07. The van der Waals surface area contributed by atoms with Crippen LogP contribution in [0.3, 0.4) is 0 Å². The van der Waals surface area contributed by atoms with Crippen LogP contribution in [-0.2, 0) is 34.9 Å². The van der Waals surface area contributed by atoms with Gasteiger partial charge in [-0.25, -0.2) is 27.6 Å². The van der Waals surface area contributed by atoms with E-state index < -0.39 is 10.0 Å². The van der Waals surface area contributed by atoms with Crippen molar-refractivity contribution in [2.45, 2.75) is 24.0 Å². The highest BCUT2D eigenvalue weighted by molar-refractivity contribution is 7.89. The van der Waals surface area contributed by atoms with Gasteiger partial charge in [0.15, 0.2) is 5.82 Å². The summed E-state index contributed by atoms with van der Waals surface area (Å²) in [6, 6.07) is 1.37. The number of fused-ring (bicyclic) bond motifs is 1. The zero-order chi connectivity index (χ0) is 21.5. The Morgan fingerprint density at radius 1 is 1.30 bits per heavy atom. The van der Waals surface area contributed by atoms with Crippen molar-refractivity contribution in [2.75, 3.05) is 44.8 Å². The summed E-state index contributed by atoms with van der Waals surface area (Å²) < 4.78 is 36.3. The van der Waals surface area contributed by atoms with E-state index in [-0.39, 0.29) is 28.2 Å². The average Bonchev–Trinajstić information content (AvgIpc) is 3.00. The van der Waals surface area contributed by atoms with Gasteiger partial charge in [0.25, 0.3) is 0 Å². The number of nitrogens with zero attached hydrogens (tertiary/aromatic N) is 6. The maximum atomic E-state index is 12.7. The first-order valence-corrected chi connectivity index (χ1v) is 11.4. The third-order valence-electron chi connectivity index (χ3n) is 5.45. The molecule has 1 unspecified atom stereocenters. The lowest BCUT2D eigenvalue weighted by Gasteiger charge is -2.32. The van der Waals surface area contributed by atoms with Gasteiger partial charge in [-0.2, -0.15) is 5.10 Å². The number of nitrogens with one attached hydrogen (secondary N) is 1. The molecule has 0 spiro atoms. The van der Waals surface area contributed by atoms with Crippen LogP contribution in [0.1, 0.15) is 5.82 Å². The van der Waals surface area contributed by atoms with Crippen LogP contribution in [0.4, 0.5) is 5.82 Å². The highest BCUT2D eigenvalue weighted by Gasteiger charge is 2.26. The Hall–Kier alpha value is -1.99. The summed E-state index contributed by atoms with van der Waals surface area (Å²) >= 11 is 6.39. The van der Waals surface area contributed by atoms with Crippen LogP contribution in [0.15, 0.2) is 22.0 Å². The fraction of sp³-hybridized carbons (Fsp3) is 0.588. The lowest BCUT2D eigenvalue weighted by Crippen LogP contribution is -2.49. The van der Waals surface area contributed by atoms with Gasteiger partial charge < -0.3 is 9.64 Å². The number of aromatic nitrogens is 4. The quantitative estimate of drug-likeness (QED) is 0.624. The molecule has 0 aromatic carbocycles. The van der Waals surface area contributed by atoms with Gasteiger partial charge >= 0.3 is 5.69 Å². The molecular weight excluding hydrogens is 434 g/mol. The fourth-order valence-corrected chi connectivity index (χ4v) is 4.98. The van der Waals surface area contributed by atoms with E-state index >= 15 is 0 Å². The number of ether oxygens (including phenoxy) is 1. The second-order valence-electron chi connectivity index (χ2n) is 7.43. The Bertz CT molecular complexity index is 1100. The molecule has 1 atom stereocenters. The number of anilines is 1. The maximum absolute atomic E-state index is 12.7. The Kier molecular flexibility index (Phi) is 5.86. The van der Waals surface area contributed by atoms with Crippen molar-refractivity contribution >= 4 is 27.4 Å². The van der Waals surface area contributed by atoms with Crippen LogP contribution >= 0.6 is 11.6 Å². The van der Waals surface area contributed by atoms with E-state index in [1.165, 1.54) is 16.9 Å². The number of sulfonamides is 1. The molecule has 4 rings (SSSR count). The largest absolute Gasteiger partial charge is 0.378 e. The summed E-state index contributed by atoms with van der Waals surface area (Å²) in [6.45, 7) is 3.45. The van der Waals surface area contributed by atoms with Gasteiger partial charge in [0, 0.05) is 45.5 Å². The van der Waals surface area contributed by atoms with Crippen LogP contribution in [-0.4, -0.2) is 78.6 Å². The second-order valence-corrected chi connectivity index (χ2v) is 9.61. The number of aryl methyl sites for hydroxylation is 1. The molecule has 0 aliphatic carbocycles. The predicted molar refractivity (Wildman–Crippen MR) is 110 cm³/mol. The smallest absolute Gasteiger partial charge is 0.345 e. The minimum absolute atomic E-state index is 0.00221. The molecule has 4 heterocycles. The molecule has 164 valence electrons. The lowest BCUT2D eigenvalue weighted by atomic mass is 10.2. The molecule has 0 radical (unpaired) electrons. The highest BCUT2D eigenvalue weighted by atomic mass is 35.5. The van der Waals surface area contributed by atoms with Crippen LogP contribution in [0.5, 0.6) is 0 Å². The molecule has 0 bridgehead atoms. The topological polar surface area (TPSA) is 115 Å². The van der Waals surface area contributed by atoms with E-state index in [1.54, 1.807) is 11.6 Å². The molecule has 1 saturated heterocycles. The number of morpholine rings is 1. The monoisotopic (exact) mass is 457 g/mol. The van der Waals surface area contributed by atoms with E-state index in [2.05, 4.69) is 19.7 Å². The number of halogens is 1. The first-order valence-electron chi connectivity index (χ1n) is 9.57. The van der Waals surface area contributed by atoms with E-state index in [0.29, 0.717) is 44.5 Å². The summed E-state index contributed by atoms with van der Waals surface area (Å²) in [4.78, 5) is 20.2. The van der Waals surface area contributed by atoms with Crippen molar-refractivity contribution in [1.82, 2.24) is 29.0 Å². The zero-order valence-corrected chi connectivity index (χ0v) is 18.4. The number of likely N-dealkylation sites (N-methyl/N-ethyl adjacent to an activating group) is 1. The van der Waals surface area contributed by atoms with Gasteiger partial charge in [-0.15, -0.1) is 0 Å². The number of rotatable bonds is 5. The van der Waals surface area contributed by atoms with Crippen LogP contribution in [0.2, 0.25) is 5.02 Å². The zero-order valence-electron chi connectivity index (χ0n) is 16.8. The molecule has 1 fully saturated rings. The predicted octanol–water partition coefficient (Wildman–Crippen LogP) is -0.741. The van der Waals surface area contributed by atoms with Gasteiger partial charge in [-0.3, -0.25) is 9.47 Å². The normalized spacial score (nSPS) is 20.4. The van der Waals surface area contributed by atoms with Crippen molar-refractivity contribution in [3.63, 3.8) is 0 Å². The van der Waals surface area contributed by atoms with Crippen molar-refractivity contribution < 1.29 is 13.2 Å². The SMILES string of the molecule is CN1CCOCC1CNS(=O)(=O)c1cnc(N2CCn3c(nn(C)c3=O)C2)c(Cl)c1. The van der Waals surface area contributed by atoms with Crippen LogP contribution < -0.4 is 15.3 Å². The molecule has 0 amide bonds. The minimum Gasteiger partial charge on any atom is -0.378 e. The van der Waals surface area contributed by atoms with E-state index in [9.17, 15) is 13.2 Å². The van der Waals surface area contributed by atoms with Crippen molar-refractivity contribution in [2.24, 2.45) is 7.05 Å². The molecule has 2 aliphatic heterocycles. The lowest BCUT2D eigenvalue weighted by molar-refractivity contribution is 0.00824. The molecule has 13 heteroatoms. The third-order valence-corrected chi connectivity index (χ3v) is 7.12. The molecule has 11 nitrogen and oxygen atoms in total. The molecule has 2 aliphatic rings. The molecular formula is C17H24ClN7O4S. The van der Waals surface area contributed by atoms with Crippen LogP contribution in [0.25, 0.3) is 0 Å². The first-order chi connectivity index (χ1) is 14.3. The van der Waals surface area contributed by atoms with Crippen molar-refractivity contribution in [3.8, 4) is 0 Å². The van der Waals surface area contributed by atoms with E-state index in [1.807, 2.05) is 11.9 Å². The molecule has 30 heavy (non-hydrogen) atoms. The second kappa shape index (κ2) is 8.27. The Morgan fingerprint density at radius 2 is 2.10 bits per heavy atom. The van der Waals surface area contributed by atoms with E-state index in [0.717, 1.165) is 6.54 Å². The minimum atomic E-state index is -3.76. The molecule has 2 aromatic heterocycles. The number of pyridine rings is 1. The third kappa shape index (κ3) is 4.10.